The maximum absolute atomic E-state index is 12.0. The van der Waals surface area contributed by atoms with Gasteiger partial charge < -0.3 is 9.47 Å². The van der Waals surface area contributed by atoms with Crippen LogP contribution < -0.4 is 25.6 Å². The van der Waals surface area contributed by atoms with Crippen LogP contribution in [0.4, 0.5) is 0 Å². The fourth-order valence-electron chi connectivity index (χ4n) is 1.98. The lowest BCUT2D eigenvalue weighted by Crippen LogP contribution is -2.49. The zero-order chi connectivity index (χ0) is 18.9. The molecule has 0 saturated heterocycles. The number of ether oxygens (including phenoxy) is 2. The lowest BCUT2D eigenvalue weighted by atomic mass is 10.2. The second kappa shape index (κ2) is 9.38. The van der Waals surface area contributed by atoms with E-state index in [1.165, 1.54) is 0 Å². The summed E-state index contributed by atoms with van der Waals surface area (Å²) in [6.07, 6.45) is 0. The molecule has 7 nitrogen and oxygen atoms in total. The minimum atomic E-state index is -0.440. The number of benzene rings is 2. The van der Waals surface area contributed by atoms with Crippen LogP contribution in [0.5, 0.6) is 11.5 Å². The van der Waals surface area contributed by atoms with Gasteiger partial charge in [-0.15, -0.1) is 0 Å². The zero-order valence-electron chi connectivity index (χ0n) is 14.4. The molecule has 0 aliphatic heterocycles. The third-order valence-electron chi connectivity index (χ3n) is 3.35. The quantitative estimate of drug-likeness (QED) is 0.546. The maximum Gasteiger partial charge on any atom is 0.269 e. The molecular formula is C18H19N3O4S. The van der Waals surface area contributed by atoms with Crippen LogP contribution in [-0.2, 0) is 4.79 Å². The average molecular weight is 373 g/mol. The molecule has 0 bridgehead atoms. The summed E-state index contributed by atoms with van der Waals surface area (Å²) in [6.45, 7) is 1.69. The number of methoxy groups -OCH3 is 1. The number of hydrogen-bond donors (Lipinski definition) is 3. The minimum Gasteiger partial charge on any atom is -0.497 e. The van der Waals surface area contributed by atoms with Gasteiger partial charge in [0.2, 0.25) is 0 Å². The van der Waals surface area contributed by atoms with Crippen molar-refractivity contribution in [1.82, 2.24) is 16.2 Å². The van der Waals surface area contributed by atoms with E-state index < -0.39 is 11.8 Å². The van der Waals surface area contributed by atoms with E-state index in [-0.39, 0.29) is 11.7 Å². The molecule has 0 heterocycles. The number of rotatable bonds is 5. The number of carbonyl (C=O) groups excluding carboxylic acids is 2. The fourth-order valence-corrected chi connectivity index (χ4v) is 2.15. The molecule has 2 rings (SSSR count). The van der Waals surface area contributed by atoms with Crippen molar-refractivity contribution in [1.29, 1.82) is 0 Å². The number of hydrazine groups is 1. The molecule has 2 aromatic rings. The summed E-state index contributed by atoms with van der Waals surface area (Å²) in [4.78, 5) is 23.8. The molecule has 26 heavy (non-hydrogen) atoms. The van der Waals surface area contributed by atoms with Crippen LogP contribution in [0.2, 0.25) is 0 Å². The first-order chi connectivity index (χ1) is 12.5. The highest BCUT2D eigenvalue weighted by molar-refractivity contribution is 7.80. The highest BCUT2D eigenvalue weighted by atomic mass is 32.1. The molecule has 136 valence electrons. The van der Waals surface area contributed by atoms with Crippen LogP contribution in [0.15, 0.2) is 48.5 Å². The Kier molecular flexibility index (Phi) is 6.92. The first kappa shape index (κ1) is 19.2. The van der Waals surface area contributed by atoms with Gasteiger partial charge in [0.1, 0.15) is 11.5 Å². The summed E-state index contributed by atoms with van der Waals surface area (Å²) in [5, 5.41) is 2.38. The van der Waals surface area contributed by atoms with Gasteiger partial charge in [0.15, 0.2) is 11.7 Å². The monoisotopic (exact) mass is 373 g/mol. The van der Waals surface area contributed by atoms with Gasteiger partial charge in [0, 0.05) is 5.56 Å². The van der Waals surface area contributed by atoms with E-state index in [9.17, 15) is 9.59 Å². The molecule has 0 saturated carbocycles. The third-order valence-corrected chi connectivity index (χ3v) is 3.55. The van der Waals surface area contributed by atoms with Crippen molar-refractivity contribution in [2.45, 2.75) is 6.92 Å². The van der Waals surface area contributed by atoms with Crippen molar-refractivity contribution in [2.24, 2.45) is 0 Å². The third kappa shape index (κ3) is 5.75. The molecule has 2 amide bonds. The smallest absolute Gasteiger partial charge is 0.269 e. The van der Waals surface area contributed by atoms with Gasteiger partial charge >= 0.3 is 0 Å². The van der Waals surface area contributed by atoms with E-state index in [2.05, 4.69) is 16.2 Å². The lowest BCUT2D eigenvalue weighted by Gasteiger charge is -2.12. The highest BCUT2D eigenvalue weighted by Gasteiger charge is 2.09. The molecular weight excluding hydrogens is 354 g/mol. The standard InChI is InChI=1S/C18H19N3O4S/c1-12-5-3-4-6-15(12)25-11-16(22)19-18(26)21-20-17(23)13-7-9-14(24-2)10-8-13/h3-10H,11H2,1-2H3,(H,20,23)(H2,19,21,22,26). The van der Waals surface area contributed by atoms with Gasteiger partial charge in [0.05, 0.1) is 7.11 Å². The van der Waals surface area contributed by atoms with Crippen LogP contribution >= 0.6 is 12.2 Å². The first-order valence-electron chi connectivity index (χ1n) is 7.72. The van der Waals surface area contributed by atoms with Gasteiger partial charge in [-0.3, -0.25) is 25.8 Å². The largest absolute Gasteiger partial charge is 0.497 e. The molecule has 0 unspecified atom stereocenters. The molecule has 0 aromatic heterocycles. The Morgan fingerprint density at radius 2 is 1.73 bits per heavy atom. The van der Waals surface area contributed by atoms with E-state index in [1.54, 1.807) is 37.4 Å². The van der Waals surface area contributed by atoms with E-state index in [1.807, 2.05) is 25.1 Å². The second-order valence-corrected chi connectivity index (χ2v) is 5.65. The molecule has 3 N–H and O–H groups in total. The normalized spacial score (nSPS) is 9.77. The Balaban J connectivity index is 1.74. The average Bonchev–Trinajstić information content (AvgIpc) is 2.65. The van der Waals surface area contributed by atoms with E-state index in [4.69, 9.17) is 21.7 Å². The Labute approximate surface area is 156 Å². The Hall–Kier alpha value is -3.13. The van der Waals surface area contributed by atoms with Crippen molar-refractivity contribution in [2.75, 3.05) is 13.7 Å². The van der Waals surface area contributed by atoms with Crippen LogP contribution in [0, 0.1) is 6.92 Å². The number of amides is 2. The number of hydrogen-bond acceptors (Lipinski definition) is 5. The molecule has 0 aliphatic rings. The summed E-state index contributed by atoms with van der Waals surface area (Å²) < 4.78 is 10.4. The predicted molar refractivity (Wildman–Crippen MR) is 101 cm³/mol. The molecule has 8 heteroatoms. The van der Waals surface area contributed by atoms with E-state index in [0.717, 1.165) is 5.56 Å². The van der Waals surface area contributed by atoms with Crippen LogP contribution in [0.25, 0.3) is 0 Å². The Morgan fingerprint density at radius 1 is 1.04 bits per heavy atom. The van der Waals surface area contributed by atoms with Gasteiger partial charge in [-0.2, -0.15) is 0 Å². The molecule has 0 radical (unpaired) electrons. The summed E-state index contributed by atoms with van der Waals surface area (Å²) in [5.41, 5.74) is 6.20. The molecule has 0 aliphatic carbocycles. The second-order valence-electron chi connectivity index (χ2n) is 5.24. The summed E-state index contributed by atoms with van der Waals surface area (Å²) in [5.74, 6) is 0.421. The molecule has 0 spiro atoms. The predicted octanol–water partition coefficient (Wildman–Crippen LogP) is 1.72. The van der Waals surface area contributed by atoms with Gasteiger partial charge in [-0.05, 0) is 55.0 Å². The highest BCUT2D eigenvalue weighted by Crippen LogP contribution is 2.15. The summed E-state index contributed by atoms with van der Waals surface area (Å²) in [6, 6.07) is 13.9. The van der Waals surface area contributed by atoms with Crippen LogP contribution in [0.3, 0.4) is 0 Å². The first-order valence-corrected chi connectivity index (χ1v) is 8.13. The number of carbonyl (C=O) groups is 2. The lowest BCUT2D eigenvalue weighted by molar-refractivity contribution is -0.121. The zero-order valence-corrected chi connectivity index (χ0v) is 15.2. The van der Waals surface area contributed by atoms with Gasteiger partial charge in [-0.1, -0.05) is 18.2 Å². The number of thiocarbonyl (C=S) groups is 1. The van der Waals surface area contributed by atoms with Crippen molar-refractivity contribution in [3.63, 3.8) is 0 Å². The van der Waals surface area contributed by atoms with Gasteiger partial charge in [0.25, 0.3) is 11.8 Å². The van der Waals surface area contributed by atoms with Crippen molar-refractivity contribution < 1.29 is 19.1 Å². The van der Waals surface area contributed by atoms with Crippen molar-refractivity contribution in [3.05, 3.63) is 59.7 Å². The number of para-hydroxylation sites is 1. The van der Waals surface area contributed by atoms with Crippen molar-refractivity contribution >= 4 is 29.1 Å². The minimum absolute atomic E-state index is 0.0368. The van der Waals surface area contributed by atoms with Gasteiger partial charge in [-0.25, -0.2) is 0 Å². The van der Waals surface area contributed by atoms with E-state index in [0.29, 0.717) is 17.1 Å². The van der Waals surface area contributed by atoms with E-state index >= 15 is 0 Å². The topological polar surface area (TPSA) is 88.7 Å². The molecule has 0 atom stereocenters. The fraction of sp³-hybridized carbons (Fsp3) is 0.167. The Morgan fingerprint density at radius 3 is 2.38 bits per heavy atom. The molecule has 0 fully saturated rings. The maximum atomic E-state index is 12.0. The number of nitrogens with one attached hydrogen (secondary N) is 3. The molecule has 2 aromatic carbocycles. The van der Waals surface area contributed by atoms with Crippen LogP contribution in [0.1, 0.15) is 15.9 Å². The Bertz CT molecular complexity index is 793. The summed E-state index contributed by atoms with van der Waals surface area (Å²) in [7, 11) is 1.54. The SMILES string of the molecule is COc1ccc(C(=O)NNC(=S)NC(=O)COc2ccccc2C)cc1. The van der Waals surface area contributed by atoms with Crippen molar-refractivity contribution in [3.8, 4) is 11.5 Å². The number of aryl methyl sites for hydroxylation is 1. The van der Waals surface area contributed by atoms with Crippen LogP contribution in [-0.4, -0.2) is 30.6 Å². The summed E-state index contributed by atoms with van der Waals surface area (Å²) >= 11 is 4.96.